The van der Waals surface area contributed by atoms with Crippen molar-refractivity contribution in [3.63, 3.8) is 0 Å². The van der Waals surface area contributed by atoms with E-state index in [2.05, 4.69) is 0 Å². The predicted molar refractivity (Wildman–Crippen MR) is 139 cm³/mol. The van der Waals surface area contributed by atoms with Crippen LogP contribution in [-0.4, -0.2) is 89.6 Å². The van der Waals surface area contributed by atoms with Gasteiger partial charge in [0.15, 0.2) is 8.16 Å². The molecule has 0 saturated carbocycles. The molecule has 6 nitrogen and oxygen atoms in total. The van der Waals surface area contributed by atoms with E-state index in [1.807, 2.05) is 13.8 Å². The zero-order chi connectivity index (χ0) is 22.2. The van der Waals surface area contributed by atoms with Crippen LogP contribution in [0.25, 0.3) is 0 Å². The second kappa shape index (κ2) is 10.3. The summed E-state index contributed by atoms with van der Waals surface area (Å²) >= 11 is 8.68. The standard InChI is InChI=1S/C16H28O6S8/c1-3-5-27-15(11-7-23-11,29(17,18)19)13-9-26-14(10-25-13)16(12-8-24-12,28-6-4-2)30(20,21)22/h11-14H,3-10H2,1-2H3,(H,17,18,19)(H,20,21,22). The summed E-state index contributed by atoms with van der Waals surface area (Å²) in [5.41, 5.74) is 0. The lowest BCUT2D eigenvalue weighted by molar-refractivity contribution is 0.455. The maximum absolute atomic E-state index is 12.6. The van der Waals surface area contributed by atoms with Crippen LogP contribution >= 0.6 is 70.6 Å². The molecule has 3 aliphatic rings. The van der Waals surface area contributed by atoms with Crippen molar-refractivity contribution in [3.05, 3.63) is 0 Å². The monoisotopic (exact) mass is 572 g/mol. The number of rotatable bonds is 12. The van der Waals surface area contributed by atoms with Gasteiger partial charge in [0.25, 0.3) is 20.2 Å². The van der Waals surface area contributed by atoms with E-state index in [-0.39, 0.29) is 21.0 Å². The molecule has 0 radical (unpaired) electrons. The van der Waals surface area contributed by atoms with Gasteiger partial charge in [-0.1, -0.05) is 13.8 Å². The highest BCUT2D eigenvalue weighted by Crippen LogP contribution is 2.60. The van der Waals surface area contributed by atoms with Gasteiger partial charge in [-0.2, -0.15) is 63.9 Å². The SMILES string of the molecule is CCCSC(C1CS1)(C1CSC(C(SCCC)(C2CS2)S(=O)(=O)O)CS1)S(=O)(=O)O. The zero-order valence-corrected chi connectivity index (χ0v) is 23.3. The molecule has 4 atom stereocenters. The maximum atomic E-state index is 12.6. The summed E-state index contributed by atoms with van der Waals surface area (Å²) in [6.45, 7) is 3.97. The van der Waals surface area contributed by atoms with Crippen LogP contribution in [0.1, 0.15) is 26.7 Å². The summed E-state index contributed by atoms with van der Waals surface area (Å²) in [4.78, 5) is 0. The lowest BCUT2D eigenvalue weighted by atomic mass is 10.2. The largest absolute Gasteiger partial charge is 0.284 e. The normalized spacial score (nSPS) is 33.5. The van der Waals surface area contributed by atoms with Crippen molar-refractivity contribution in [2.75, 3.05) is 34.5 Å². The Kier molecular flexibility index (Phi) is 9.08. The van der Waals surface area contributed by atoms with E-state index in [1.165, 1.54) is 47.0 Å². The summed E-state index contributed by atoms with van der Waals surface area (Å²) in [5, 5.41) is -0.933. The van der Waals surface area contributed by atoms with E-state index in [9.17, 15) is 25.9 Å². The Bertz CT molecular complexity index is 736. The van der Waals surface area contributed by atoms with Crippen LogP contribution in [0.15, 0.2) is 0 Å². The minimum atomic E-state index is -4.30. The Morgan fingerprint density at radius 1 is 0.700 bits per heavy atom. The maximum Gasteiger partial charge on any atom is 0.282 e. The fourth-order valence-corrected chi connectivity index (χ4v) is 18.9. The molecule has 0 aromatic carbocycles. The smallest absolute Gasteiger partial charge is 0.282 e. The fraction of sp³-hybridized carbons (Fsp3) is 1.00. The van der Waals surface area contributed by atoms with Crippen molar-refractivity contribution >= 4 is 90.8 Å². The molecule has 0 aromatic heterocycles. The van der Waals surface area contributed by atoms with Crippen LogP contribution in [0.5, 0.6) is 0 Å². The van der Waals surface area contributed by atoms with Crippen molar-refractivity contribution in [3.8, 4) is 0 Å². The Balaban J connectivity index is 1.85. The van der Waals surface area contributed by atoms with Crippen molar-refractivity contribution < 1.29 is 25.9 Å². The average molecular weight is 573 g/mol. The van der Waals surface area contributed by atoms with E-state index in [4.69, 9.17) is 0 Å². The van der Waals surface area contributed by atoms with Gasteiger partial charge in [0.05, 0.1) is 0 Å². The molecule has 3 aliphatic heterocycles. The zero-order valence-electron chi connectivity index (χ0n) is 16.8. The molecule has 0 spiro atoms. The van der Waals surface area contributed by atoms with Crippen molar-refractivity contribution in [1.82, 2.24) is 0 Å². The van der Waals surface area contributed by atoms with Gasteiger partial charge in [0, 0.05) is 44.0 Å². The van der Waals surface area contributed by atoms with Crippen LogP contribution < -0.4 is 0 Å². The first kappa shape index (κ1) is 26.5. The van der Waals surface area contributed by atoms with E-state index in [0.717, 1.165) is 12.8 Å². The summed E-state index contributed by atoms with van der Waals surface area (Å²) in [5.74, 6) is 3.57. The summed E-state index contributed by atoms with van der Waals surface area (Å²) in [6, 6.07) is 0. The molecule has 176 valence electrons. The second-order valence-electron chi connectivity index (χ2n) is 7.38. The molecule has 4 unspecified atom stereocenters. The van der Waals surface area contributed by atoms with Crippen LogP contribution in [0, 0.1) is 0 Å². The minimum absolute atomic E-state index is 0.140. The molecule has 0 aromatic rings. The molecule has 30 heavy (non-hydrogen) atoms. The minimum Gasteiger partial charge on any atom is -0.284 e. The van der Waals surface area contributed by atoms with Crippen molar-refractivity contribution in [2.24, 2.45) is 0 Å². The second-order valence-corrected chi connectivity index (χ2v) is 18.8. The Labute approximate surface area is 205 Å². The Hall–Kier alpha value is 1.92. The summed E-state index contributed by atoms with van der Waals surface area (Å²) in [6.07, 6.45) is 1.62. The molecule has 2 N–H and O–H groups in total. The molecule has 3 rings (SSSR count). The predicted octanol–water partition coefficient (Wildman–Crippen LogP) is 3.89. The van der Waals surface area contributed by atoms with E-state index >= 15 is 0 Å². The van der Waals surface area contributed by atoms with Gasteiger partial charge in [0.1, 0.15) is 0 Å². The third-order valence-corrected chi connectivity index (χ3v) is 19.8. The number of hydrogen-bond donors (Lipinski definition) is 2. The summed E-state index contributed by atoms with van der Waals surface area (Å²) in [7, 11) is -8.61. The molecule has 14 heteroatoms. The van der Waals surface area contributed by atoms with Gasteiger partial charge < -0.3 is 0 Å². The van der Waals surface area contributed by atoms with Gasteiger partial charge in [-0.05, 0) is 24.3 Å². The molecular formula is C16H28O6S8. The molecule has 0 bridgehead atoms. The molecule has 3 heterocycles. The average Bonchev–Trinajstić information content (AvgIpc) is 3.54. The van der Waals surface area contributed by atoms with Crippen molar-refractivity contribution in [1.29, 1.82) is 0 Å². The third kappa shape index (κ3) is 5.12. The first-order chi connectivity index (χ1) is 14.0. The Morgan fingerprint density at radius 3 is 1.13 bits per heavy atom. The molecular weight excluding hydrogens is 545 g/mol. The highest BCUT2D eigenvalue weighted by Gasteiger charge is 2.65. The third-order valence-electron chi connectivity index (χ3n) is 5.23. The van der Waals surface area contributed by atoms with Gasteiger partial charge >= 0.3 is 0 Å². The highest BCUT2D eigenvalue weighted by molar-refractivity contribution is 8.19. The first-order valence-corrected chi connectivity index (χ1v) is 18.8. The quantitative estimate of drug-likeness (QED) is 0.262. The van der Waals surface area contributed by atoms with Gasteiger partial charge in [-0.25, -0.2) is 0 Å². The van der Waals surface area contributed by atoms with Crippen molar-refractivity contribution in [2.45, 2.75) is 55.8 Å². The van der Waals surface area contributed by atoms with Crippen LogP contribution in [0.4, 0.5) is 0 Å². The van der Waals surface area contributed by atoms with Crippen LogP contribution in [0.3, 0.4) is 0 Å². The molecule has 3 fully saturated rings. The number of thioether (sulfide) groups is 6. The van der Waals surface area contributed by atoms with Gasteiger partial charge in [-0.3, -0.25) is 9.11 Å². The first-order valence-electron chi connectivity index (χ1n) is 9.73. The highest BCUT2D eigenvalue weighted by atomic mass is 32.3. The lowest BCUT2D eigenvalue weighted by Crippen LogP contribution is -2.56. The summed E-state index contributed by atoms with van der Waals surface area (Å²) < 4.78 is 68.4. The van der Waals surface area contributed by atoms with Gasteiger partial charge in [0.2, 0.25) is 0 Å². The van der Waals surface area contributed by atoms with Gasteiger partial charge in [-0.15, -0.1) is 23.5 Å². The topological polar surface area (TPSA) is 109 Å². The number of hydrogen-bond acceptors (Lipinski definition) is 10. The van der Waals surface area contributed by atoms with Crippen LogP contribution in [-0.2, 0) is 20.2 Å². The van der Waals surface area contributed by atoms with Crippen LogP contribution in [0.2, 0.25) is 0 Å². The molecule has 3 saturated heterocycles. The molecule has 0 aliphatic carbocycles. The van der Waals surface area contributed by atoms with E-state index in [0.29, 0.717) is 34.5 Å². The lowest BCUT2D eigenvalue weighted by Gasteiger charge is -2.44. The fourth-order valence-electron chi connectivity index (χ4n) is 3.65. The molecule has 0 amide bonds. The van der Waals surface area contributed by atoms with E-state index < -0.39 is 28.4 Å². The van der Waals surface area contributed by atoms with E-state index in [1.54, 1.807) is 23.5 Å². The Morgan fingerprint density at radius 2 is 0.967 bits per heavy atom.